The van der Waals surface area contributed by atoms with E-state index in [1.54, 1.807) is 6.21 Å². The Labute approximate surface area is 164 Å². The number of ether oxygens (including phenoxy) is 2. The van der Waals surface area contributed by atoms with E-state index < -0.39 is 0 Å². The number of hydrogen-bond acceptors (Lipinski definition) is 5. The molecule has 0 radical (unpaired) electrons. The third-order valence-electron chi connectivity index (χ3n) is 6.53. The third-order valence-corrected chi connectivity index (χ3v) is 6.53. The van der Waals surface area contributed by atoms with Crippen LogP contribution in [0.3, 0.4) is 0 Å². The van der Waals surface area contributed by atoms with E-state index in [0.29, 0.717) is 36.5 Å². The first-order chi connectivity index (χ1) is 13.6. The highest BCUT2D eigenvalue weighted by molar-refractivity contribution is 6.06. The lowest BCUT2D eigenvalue weighted by molar-refractivity contribution is -0.140. The van der Waals surface area contributed by atoms with Crippen LogP contribution in [0.5, 0.6) is 11.5 Å². The minimum absolute atomic E-state index is 0.146. The molecule has 5 aliphatic rings. The SMILES string of the molecule is CCOc1ccc(C=NN2C(=O)[C@@H]3[C@H]4C=C[C@@H]([C@@H]5C[C@H]45)[C@H]3C2=O)cc1OCC. The Morgan fingerprint density at radius 3 is 2.21 bits per heavy atom. The van der Waals surface area contributed by atoms with E-state index in [1.807, 2.05) is 32.0 Å². The molecule has 1 heterocycles. The smallest absolute Gasteiger partial charge is 0.254 e. The minimum Gasteiger partial charge on any atom is -0.490 e. The maximum absolute atomic E-state index is 12.9. The average Bonchev–Trinajstić information content (AvgIpc) is 3.48. The molecule has 3 fully saturated rings. The van der Waals surface area contributed by atoms with Crippen LogP contribution in [-0.4, -0.2) is 36.3 Å². The minimum atomic E-state index is -0.220. The zero-order valence-electron chi connectivity index (χ0n) is 16.1. The number of hydrogen-bond donors (Lipinski definition) is 0. The van der Waals surface area contributed by atoms with Crippen molar-refractivity contribution in [1.82, 2.24) is 5.01 Å². The first-order valence-electron chi connectivity index (χ1n) is 10.1. The molecule has 0 N–H and O–H groups in total. The normalized spacial score (nSPS) is 34.7. The standard InChI is InChI=1S/C22H24N2O4/c1-3-27-17-8-5-12(9-18(17)28-4-2)11-23-24-21(25)19-13-6-7-14(16-10-15(13)16)20(19)22(24)26/h5-9,11,13-16,19-20H,3-4,10H2,1-2H3/t13-,14-,15-,16+,19+,20+/m0/s1. The number of carbonyl (C=O) groups is 2. The maximum atomic E-state index is 12.9. The fourth-order valence-corrected chi connectivity index (χ4v) is 5.33. The van der Waals surface area contributed by atoms with Crippen molar-refractivity contribution in [1.29, 1.82) is 0 Å². The van der Waals surface area contributed by atoms with Crippen molar-refractivity contribution in [2.24, 2.45) is 40.6 Å². The molecule has 1 aliphatic heterocycles. The summed E-state index contributed by atoms with van der Waals surface area (Å²) in [7, 11) is 0. The van der Waals surface area contributed by atoms with Crippen molar-refractivity contribution in [2.45, 2.75) is 20.3 Å². The summed E-state index contributed by atoms with van der Waals surface area (Å²) in [4.78, 5) is 25.9. The number of benzene rings is 1. The second-order valence-electron chi connectivity index (χ2n) is 7.96. The molecular weight excluding hydrogens is 356 g/mol. The Bertz CT molecular complexity index is 857. The molecule has 1 saturated heterocycles. The van der Waals surface area contributed by atoms with Crippen LogP contribution in [0.4, 0.5) is 0 Å². The molecule has 0 spiro atoms. The van der Waals surface area contributed by atoms with Crippen molar-refractivity contribution < 1.29 is 19.1 Å². The highest BCUT2D eigenvalue weighted by Gasteiger charge is 2.67. The molecule has 146 valence electrons. The van der Waals surface area contributed by atoms with Crippen molar-refractivity contribution in [3.05, 3.63) is 35.9 Å². The van der Waals surface area contributed by atoms with E-state index in [0.717, 1.165) is 17.0 Å². The maximum Gasteiger partial charge on any atom is 0.254 e. The molecule has 2 amide bonds. The Morgan fingerprint density at radius 1 is 1.00 bits per heavy atom. The zero-order valence-corrected chi connectivity index (χ0v) is 16.1. The fourth-order valence-electron chi connectivity index (χ4n) is 5.33. The second-order valence-corrected chi connectivity index (χ2v) is 7.96. The molecule has 6 atom stereocenters. The van der Waals surface area contributed by atoms with E-state index in [1.165, 1.54) is 0 Å². The summed E-state index contributed by atoms with van der Waals surface area (Å²) in [5, 5.41) is 5.38. The quantitative estimate of drug-likeness (QED) is 0.432. The predicted molar refractivity (Wildman–Crippen MR) is 103 cm³/mol. The van der Waals surface area contributed by atoms with Crippen LogP contribution >= 0.6 is 0 Å². The predicted octanol–water partition coefficient (Wildman–Crippen LogP) is 2.87. The second kappa shape index (κ2) is 6.47. The summed E-state index contributed by atoms with van der Waals surface area (Å²) in [6.45, 7) is 4.89. The van der Waals surface area contributed by atoms with Crippen molar-refractivity contribution in [3.63, 3.8) is 0 Å². The first-order valence-corrected chi connectivity index (χ1v) is 10.1. The van der Waals surface area contributed by atoms with Crippen LogP contribution in [0.1, 0.15) is 25.8 Å². The molecule has 2 bridgehead atoms. The van der Waals surface area contributed by atoms with E-state index in [2.05, 4.69) is 17.3 Å². The number of imide groups is 1. The first kappa shape index (κ1) is 17.5. The number of amides is 2. The highest BCUT2D eigenvalue weighted by Crippen LogP contribution is 2.65. The van der Waals surface area contributed by atoms with Crippen LogP contribution in [0.25, 0.3) is 0 Å². The Morgan fingerprint density at radius 2 is 1.61 bits per heavy atom. The van der Waals surface area contributed by atoms with Crippen molar-refractivity contribution in [2.75, 3.05) is 13.2 Å². The number of allylic oxidation sites excluding steroid dienone is 2. The van der Waals surface area contributed by atoms with Gasteiger partial charge in [-0.3, -0.25) is 9.59 Å². The van der Waals surface area contributed by atoms with Crippen molar-refractivity contribution in [3.8, 4) is 11.5 Å². The fraction of sp³-hybridized carbons (Fsp3) is 0.500. The van der Waals surface area contributed by atoms with E-state index in [-0.39, 0.29) is 35.5 Å². The Kier molecular flexibility index (Phi) is 4.03. The molecule has 1 aromatic rings. The molecule has 0 aromatic heterocycles. The largest absolute Gasteiger partial charge is 0.490 e. The zero-order chi connectivity index (χ0) is 19.4. The summed E-state index contributed by atoms with van der Waals surface area (Å²) < 4.78 is 11.2. The third kappa shape index (κ3) is 2.50. The van der Waals surface area contributed by atoms with Crippen LogP contribution in [-0.2, 0) is 9.59 Å². The highest BCUT2D eigenvalue weighted by atomic mass is 16.5. The van der Waals surface area contributed by atoms with E-state index in [9.17, 15) is 9.59 Å². The molecule has 0 unspecified atom stereocenters. The molecule has 28 heavy (non-hydrogen) atoms. The summed E-state index contributed by atoms with van der Waals surface area (Å²) in [5.74, 6) is 2.18. The Hall–Kier alpha value is -2.63. The van der Waals surface area contributed by atoms with Gasteiger partial charge in [0.25, 0.3) is 11.8 Å². The summed E-state index contributed by atoms with van der Waals surface area (Å²) in [6, 6.07) is 5.48. The molecule has 1 aromatic carbocycles. The van der Waals surface area contributed by atoms with Gasteiger partial charge in [0.2, 0.25) is 0 Å². The van der Waals surface area contributed by atoms with Gasteiger partial charge < -0.3 is 9.47 Å². The van der Waals surface area contributed by atoms with Gasteiger partial charge >= 0.3 is 0 Å². The molecule has 6 nitrogen and oxygen atoms in total. The van der Waals surface area contributed by atoms with Crippen LogP contribution in [0.2, 0.25) is 0 Å². The van der Waals surface area contributed by atoms with Gasteiger partial charge in [-0.05, 0) is 67.7 Å². The van der Waals surface area contributed by atoms with E-state index in [4.69, 9.17) is 9.47 Å². The molecule has 4 aliphatic carbocycles. The van der Waals surface area contributed by atoms with Gasteiger partial charge in [-0.2, -0.15) is 10.1 Å². The number of carbonyl (C=O) groups excluding carboxylic acids is 2. The van der Waals surface area contributed by atoms with Crippen molar-refractivity contribution >= 4 is 18.0 Å². The van der Waals surface area contributed by atoms with Crippen LogP contribution in [0, 0.1) is 35.5 Å². The summed E-state index contributed by atoms with van der Waals surface area (Å²) >= 11 is 0. The lowest BCUT2D eigenvalue weighted by Crippen LogP contribution is -2.40. The topological polar surface area (TPSA) is 68.2 Å². The van der Waals surface area contributed by atoms with Gasteiger partial charge in [0, 0.05) is 0 Å². The van der Waals surface area contributed by atoms with Gasteiger partial charge in [0.15, 0.2) is 11.5 Å². The monoisotopic (exact) mass is 380 g/mol. The van der Waals surface area contributed by atoms with Gasteiger partial charge in [0.05, 0.1) is 31.3 Å². The molecular formula is C22H24N2O4. The van der Waals surface area contributed by atoms with Gasteiger partial charge in [-0.1, -0.05) is 12.2 Å². The van der Waals surface area contributed by atoms with Gasteiger partial charge in [0.1, 0.15) is 0 Å². The number of hydrazone groups is 1. The molecule has 6 heteroatoms. The lowest BCUT2D eigenvalue weighted by atomic mass is 9.63. The average molecular weight is 380 g/mol. The van der Waals surface area contributed by atoms with Gasteiger partial charge in [-0.15, -0.1) is 0 Å². The number of rotatable bonds is 6. The number of nitrogens with zero attached hydrogens (tertiary/aromatic N) is 2. The summed E-state index contributed by atoms with van der Waals surface area (Å²) in [5.41, 5.74) is 0.756. The van der Waals surface area contributed by atoms with E-state index >= 15 is 0 Å². The lowest BCUT2D eigenvalue weighted by Gasteiger charge is -2.37. The van der Waals surface area contributed by atoms with Gasteiger partial charge in [-0.25, -0.2) is 0 Å². The van der Waals surface area contributed by atoms with Crippen LogP contribution in [0.15, 0.2) is 35.5 Å². The molecule has 6 rings (SSSR count). The Balaban J connectivity index is 1.38. The molecule has 2 saturated carbocycles. The summed E-state index contributed by atoms with van der Waals surface area (Å²) in [6.07, 6.45) is 7.05. The van der Waals surface area contributed by atoms with Crippen LogP contribution < -0.4 is 9.47 Å².